The predicted molar refractivity (Wildman–Crippen MR) is 86.6 cm³/mol. The summed E-state index contributed by atoms with van der Waals surface area (Å²) in [6.45, 7) is 8.30. The number of hydrogen-bond acceptors (Lipinski definition) is 5. The maximum atomic E-state index is 11.8. The highest BCUT2D eigenvalue weighted by molar-refractivity contribution is 5.88. The minimum absolute atomic E-state index is 0.0164. The first-order chi connectivity index (χ1) is 10.3. The number of likely N-dealkylation sites (N-methyl/N-ethyl adjacent to an activating group) is 1. The molecule has 0 heterocycles. The molecule has 0 aromatic carbocycles. The Morgan fingerprint density at radius 2 is 1.27 bits per heavy atom. The van der Waals surface area contributed by atoms with E-state index in [4.69, 9.17) is 0 Å². The van der Waals surface area contributed by atoms with E-state index in [0.717, 1.165) is 0 Å². The van der Waals surface area contributed by atoms with Gasteiger partial charge in [0, 0.05) is 12.8 Å². The van der Waals surface area contributed by atoms with Crippen molar-refractivity contribution in [2.75, 3.05) is 7.05 Å². The van der Waals surface area contributed by atoms with Crippen LogP contribution in [0, 0.1) is 0 Å². The second kappa shape index (κ2) is 13.1. The molecule has 6 heteroatoms. The van der Waals surface area contributed by atoms with Crippen LogP contribution >= 0.6 is 0 Å². The molecule has 128 valence electrons. The standard InChI is InChI=1S/C14H24N2O4.C2H6/c1-9(17)5-6-13(11(3)19)16-14(20)8-7-12(15-4)10(2)18;1-2/h12-13,15H,5-8H2,1-4H3,(H,16,20);1-2H3. The van der Waals surface area contributed by atoms with Gasteiger partial charge >= 0.3 is 0 Å². The number of hydrogen-bond donors (Lipinski definition) is 2. The lowest BCUT2D eigenvalue weighted by atomic mass is 10.0. The van der Waals surface area contributed by atoms with Crippen molar-refractivity contribution in [2.45, 2.75) is 72.4 Å². The largest absolute Gasteiger partial charge is 0.346 e. The van der Waals surface area contributed by atoms with Crippen molar-refractivity contribution in [3.8, 4) is 0 Å². The van der Waals surface area contributed by atoms with Gasteiger partial charge in [0.2, 0.25) is 5.91 Å². The molecule has 0 aliphatic carbocycles. The second-order valence-corrected chi connectivity index (χ2v) is 4.96. The monoisotopic (exact) mass is 314 g/mol. The number of carbonyl (C=O) groups excluding carboxylic acids is 4. The molecule has 0 fully saturated rings. The van der Waals surface area contributed by atoms with Crippen molar-refractivity contribution in [1.82, 2.24) is 10.6 Å². The number of amides is 1. The zero-order valence-corrected chi connectivity index (χ0v) is 14.6. The summed E-state index contributed by atoms with van der Waals surface area (Å²) in [6, 6.07) is -0.981. The molecule has 0 bridgehead atoms. The molecule has 2 unspecified atom stereocenters. The van der Waals surface area contributed by atoms with Gasteiger partial charge in [0.05, 0.1) is 12.1 Å². The van der Waals surface area contributed by atoms with Crippen LogP contribution in [0.25, 0.3) is 0 Å². The van der Waals surface area contributed by atoms with Gasteiger partial charge in [0.25, 0.3) is 0 Å². The molecule has 2 atom stereocenters. The van der Waals surface area contributed by atoms with E-state index in [2.05, 4.69) is 10.6 Å². The summed E-state index contributed by atoms with van der Waals surface area (Å²) >= 11 is 0. The van der Waals surface area contributed by atoms with E-state index >= 15 is 0 Å². The Morgan fingerprint density at radius 1 is 0.818 bits per heavy atom. The van der Waals surface area contributed by atoms with Crippen LogP contribution in [0.4, 0.5) is 0 Å². The van der Waals surface area contributed by atoms with E-state index in [9.17, 15) is 19.2 Å². The van der Waals surface area contributed by atoms with E-state index in [1.807, 2.05) is 13.8 Å². The molecule has 0 saturated heterocycles. The molecule has 0 rings (SSSR count). The second-order valence-electron chi connectivity index (χ2n) is 4.96. The fraction of sp³-hybridized carbons (Fsp3) is 0.750. The lowest BCUT2D eigenvalue weighted by Crippen LogP contribution is -2.41. The van der Waals surface area contributed by atoms with Gasteiger partial charge in [-0.15, -0.1) is 0 Å². The number of Topliss-reactive ketones (excluding diaryl/α,β-unsaturated/α-hetero) is 3. The zero-order chi connectivity index (χ0) is 17.7. The van der Waals surface area contributed by atoms with Crippen molar-refractivity contribution in [2.24, 2.45) is 0 Å². The molecule has 0 aromatic heterocycles. The Kier molecular flexibility index (Phi) is 13.6. The van der Waals surface area contributed by atoms with E-state index in [-0.39, 0.29) is 42.1 Å². The van der Waals surface area contributed by atoms with Crippen molar-refractivity contribution in [3.63, 3.8) is 0 Å². The van der Waals surface area contributed by atoms with Gasteiger partial charge in [0.1, 0.15) is 11.6 Å². The lowest BCUT2D eigenvalue weighted by molar-refractivity contribution is -0.128. The van der Waals surface area contributed by atoms with E-state index < -0.39 is 6.04 Å². The summed E-state index contributed by atoms with van der Waals surface area (Å²) in [5, 5.41) is 5.44. The first-order valence-corrected chi connectivity index (χ1v) is 7.74. The molecule has 0 aromatic rings. The lowest BCUT2D eigenvalue weighted by Gasteiger charge is -2.17. The summed E-state index contributed by atoms with van der Waals surface area (Å²) in [5.41, 5.74) is 0. The number of nitrogens with one attached hydrogen (secondary N) is 2. The van der Waals surface area contributed by atoms with Gasteiger partial charge in [-0.05, 0) is 40.7 Å². The highest BCUT2D eigenvalue weighted by atomic mass is 16.2. The topological polar surface area (TPSA) is 92.3 Å². The summed E-state index contributed by atoms with van der Waals surface area (Å²) in [6.07, 6.45) is 1.12. The zero-order valence-electron chi connectivity index (χ0n) is 14.6. The van der Waals surface area contributed by atoms with Crippen LogP contribution in [-0.4, -0.2) is 42.4 Å². The number of carbonyl (C=O) groups is 4. The van der Waals surface area contributed by atoms with Crippen LogP contribution in [0.2, 0.25) is 0 Å². The summed E-state index contributed by atoms with van der Waals surface area (Å²) in [7, 11) is 1.66. The van der Waals surface area contributed by atoms with Gasteiger partial charge < -0.3 is 15.4 Å². The van der Waals surface area contributed by atoms with Crippen LogP contribution in [0.5, 0.6) is 0 Å². The quantitative estimate of drug-likeness (QED) is 0.636. The minimum Gasteiger partial charge on any atom is -0.346 e. The maximum Gasteiger partial charge on any atom is 0.220 e. The first-order valence-electron chi connectivity index (χ1n) is 7.74. The van der Waals surface area contributed by atoms with Gasteiger partial charge in [0.15, 0.2) is 5.78 Å². The Hall–Kier alpha value is -1.56. The van der Waals surface area contributed by atoms with Crippen LogP contribution in [-0.2, 0) is 19.2 Å². The molecule has 0 aliphatic heterocycles. The Balaban J connectivity index is 0. The number of ketones is 3. The van der Waals surface area contributed by atoms with Crippen LogP contribution < -0.4 is 10.6 Å². The van der Waals surface area contributed by atoms with Crippen LogP contribution in [0.1, 0.15) is 60.3 Å². The maximum absolute atomic E-state index is 11.8. The third-order valence-corrected chi connectivity index (χ3v) is 3.11. The third-order valence-electron chi connectivity index (χ3n) is 3.11. The molecule has 2 N–H and O–H groups in total. The Labute approximate surface area is 133 Å². The molecule has 6 nitrogen and oxygen atoms in total. The highest BCUT2D eigenvalue weighted by Crippen LogP contribution is 2.03. The Morgan fingerprint density at radius 3 is 1.64 bits per heavy atom. The first kappa shape index (κ1) is 22.7. The van der Waals surface area contributed by atoms with Crippen LogP contribution in [0.15, 0.2) is 0 Å². The van der Waals surface area contributed by atoms with Crippen molar-refractivity contribution >= 4 is 23.3 Å². The number of rotatable bonds is 10. The molecule has 0 saturated carbocycles. The molecule has 1 amide bonds. The summed E-state index contributed by atoms with van der Waals surface area (Å²) in [4.78, 5) is 45.3. The van der Waals surface area contributed by atoms with E-state index in [1.54, 1.807) is 7.05 Å². The average molecular weight is 314 g/mol. The Bertz CT molecular complexity index is 380. The van der Waals surface area contributed by atoms with Crippen molar-refractivity contribution in [3.05, 3.63) is 0 Å². The summed E-state index contributed by atoms with van der Waals surface area (Å²) < 4.78 is 0. The van der Waals surface area contributed by atoms with Gasteiger partial charge in [-0.2, -0.15) is 0 Å². The van der Waals surface area contributed by atoms with Crippen LogP contribution in [0.3, 0.4) is 0 Å². The highest BCUT2D eigenvalue weighted by Gasteiger charge is 2.19. The average Bonchev–Trinajstić information content (AvgIpc) is 2.45. The minimum atomic E-state index is -0.628. The molecule has 0 spiro atoms. The fourth-order valence-corrected chi connectivity index (χ4v) is 1.82. The van der Waals surface area contributed by atoms with Crippen molar-refractivity contribution < 1.29 is 19.2 Å². The molecular weight excluding hydrogens is 284 g/mol. The van der Waals surface area contributed by atoms with Gasteiger partial charge in [-0.25, -0.2) is 0 Å². The van der Waals surface area contributed by atoms with Gasteiger partial charge in [-0.3, -0.25) is 14.4 Å². The third kappa shape index (κ3) is 11.1. The molecular formula is C16H30N2O4. The van der Waals surface area contributed by atoms with Crippen molar-refractivity contribution in [1.29, 1.82) is 0 Å². The molecule has 0 radical (unpaired) electrons. The van der Waals surface area contributed by atoms with Gasteiger partial charge in [-0.1, -0.05) is 13.8 Å². The van der Waals surface area contributed by atoms with E-state index in [0.29, 0.717) is 12.8 Å². The normalized spacial score (nSPS) is 12.5. The fourth-order valence-electron chi connectivity index (χ4n) is 1.82. The molecule has 0 aliphatic rings. The summed E-state index contributed by atoms with van der Waals surface area (Å²) in [5.74, 6) is -0.496. The molecule has 22 heavy (non-hydrogen) atoms. The SMILES string of the molecule is CC.CNC(CCC(=O)NC(CCC(C)=O)C(C)=O)C(C)=O. The predicted octanol–water partition coefficient (Wildman–Crippen LogP) is 1.41. The smallest absolute Gasteiger partial charge is 0.220 e. The van der Waals surface area contributed by atoms with E-state index in [1.165, 1.54) is 20.8 Å².